The van der Waals surface area contributed by atoms with Crippen LogP contribution < -0.4 is 4.90 Å². The van der Waals surface area contributed by atoms with E-state index in [0.29, 0.717) is 18.5 Å². The lowest BCUT2D eigenvalue weighted by molar-refractivity contribution is 0.00534. The summed E-state index contributed by atoms with van der Waals surface area (Å²) in [5.74, 6) is 0.704. The Hall–Kier alpha value is -1.14. The van der Waals surface area contributed by atoms with Crippen LogP contribution in [0.2, 0.25) is 0 Å². The normalized spacial score (nSPS) is 24.1. The third kappa shape index (κ3) is 3.93. The number of likely N-dealkylation sites (N-methyl/N-ethyl adjacent to an activating group) is 1. The SMILES string of the molecule is CCCc1nnc(N2CCC[C@](O)(CN(C)C)CC2)o1. The summed E-state index contributed by atoms with van der Waals surface area (Å²) < 4.78 is 5.68. The van der Waals surface area contributed by atoms with Crippen LogP contribution in [0.1, 0.15) is 38.5 Å². The summed E-state index contributed by atoms with van der Waals surface area (Å²) in [4.78, 5) is 4.14. The fraction of sp³-hybridized carbons (Fsp3) is 0.857. The standard InChI is InChI=1S/C14H26N4O2/c1-4-6-12-15-16-13(20-12)18-9-5-7-14(19,8-10-18)11-17(2)3/h19H,4-11H2,1-3H3/t14-/m1/s1. The minimum atomic E-state index is -0.607. The van der Waals surface area contributed by atoms with Crippen molar-refractivity contribution >= 4 is 6.01 Å². The molecular formula is C14H26N4O2. The third-order valence-electron chi connectivity index (χ3n) is 3.72. The average Bonchev–Trinajstić information content (AvgIpc) is 2.73. The Balaban J connectivity index is 1.98. The van der Waals surface area contributed by atoms with E-state index in [1.807, 2.05) is 19.0 Å². The smallest absolute Gasteiger partial charge is 0.318 e. The highest BCUT2D eigenvalue weighted by molar-refractivity contribution is 5.24. The van der Waals surface area contributed by atoms with Crippen LogP contribution >= 0.6 is 0 Å². The maximum atomic E-state index is 10.6. The summed E-state index contributed by atoms with van der Waals surface area (Å²) in [5, 5.41) is 18.8. The number of nitrogens with zero attached hydrogens (tertiary/aromatic N) is 4. The summed E-state index contributed by atoms with van der Waals surface area (Å²) in [6.45, 7) is 4.42. The number of aryl methyl sites for hydroxylation is 1. The van der Waals surface area contributed by atoms with Crippen LogP contribution in [0.4, 0.5) is 6.01 Å². The van der Waals surface area contributed by atoms with Gasteiger partial charge in [-0.2, -0.15) is 0 Å². The molecule has 0 spiro atoms. The van der Waals surface area contributed by atoms with Gasteiger partial charge in [-0.05, 0) is 39.8 Å². The van der Waals surface area contributed by atoms with Crippen LogP contribution in [-0.2, 0) is 6.42 Å². The molecule has 0 unspecified atom stereocenters. The summed E-state index contributed by atoms with van der Waals surface area (Å²) in [5.41, 5.74) is -0.607. The Labute approximate surface area is 120 Å². The van der Waals surface area contributed by atoms with Gasteiger partial charge in [0.2, 0.25) is 5.89 Å². The molecule has 1 atom stereocenters. The Kier molecular flexibility index (Phi) is 4.99. The molecule has 2 heterocycles. The predicted molar refractivity (Wildman–Crippen MR) is 77.9 cm³/mol. The molecule has 6 heteroatoms. The van der Waals surface area contributed by atoms with Gasteiger partial charge in [-0.25, -0.2) is 0 Å². The molecule has 1 aliphatic heterocycles. The maximum absolute atomic E-state index is 10.6. The molecule has 0 aromatic carbocycles. The zero-order valence-corrected chi connectivity index (χ0v) is 12.8. The van der Waals surface area contributed by atoms with Crippen molar-refractivity contribution in [2.45, 2.75) is 44.6 Å². The zero-order chi connectivity index (χ0) is 14.6. The molecule has 0 aliphatic carbocycles. The molecule has 1 fully saturated rings. The van der Waals surface area contributed by atoms with Crippen molar-refractivity contribution in [1.29, 1.82) is 0 Å². The lowest BCUT2D eigenvalue weighted by Gasteiger charge is -2.29. The van der Waals surface area contributed by atoms with Gasteiger partial charge in [0.25, 0.3) is 0 Å². The zero-order valence-electron chi connectivity index (χ0n) is 12.8. The Morgan fingerprint density at radius 2 is 2.10 bits per heavy atom. The number of hydrogen-bond acceptors (Lipinski definition) is 6. The van der Waals surface area contributed by atoms with Crippen LogP contribution in [0.15, 0.2) is 4.42 Å². The first-order chi connectivity index (χ1) is 9.52. The van der Waals surface area contributed by atoms with Crippen molar-refractivity contribution in [1.82, 2.24) is 15.1 Å². The second kappa shape index (κ2) is 6.54. The summed E-state index contributed by atoms with van der Waals surface area (Å²) in [6, 6.07) is 0.600. The van der Waals surface area contributed by atoms with E-state index in [2.05, 4.69) is 22.0 Å². The van der Waals surface area contributed by atoms with E-state index in [4.69, 9.17) is 4.42 Å². The fourth-order valence-electron chi connectivity index (χ4n) is 2.80. The van der Waals surface area contributed by atoms with Crippen LogP contribution in [-0.4, -0.2) is 59.5 Å². The van der Waals surface area contributed by atoms with Gasteiger partial charge in [0.15, 0.2) is 0 Å². The quantitative estimate of drug-likeness (QED) is 0.878. The molecule has 1 aromatic heterocycles. The second-order valence-electron chi connectivity index (χ2n) is 6.03. The van der Waals surface area contributed by atoms with Crippen molar-refractivity contribution in [3.05, 3.63) is 5.89 Å². The highest BCUT2D eigenvalue weighted by Gasteiger charge is 2.31. The number of rotatable bonds is 5. The molecule has 0 amide bonds. The van der Waals surface area contributed by atoms with E-state index in [1.54, 1.807) is 0 Å². The predicted octanol–water partition coefficient (Wildman–Crippen LogP) is 1.31. The molecule has 1 N–H and O–H groups in total. The Morgan fingerprint density at radius 3 is 2.80 bits per heavy atom. The highest BCUT2D eigenvalue weighted by atomic mass is 16.4. The van der Waals surface area contributed by atoms with E-state index >= 15 is 0 Å². The molecule has 0 saturated carbocycles. The number of anilines is 1. The first-order valence-corrected chi connectivity index (χ1v) is 7.47. The summed E-state index contributed by atoms with van der Waals surface area (Å²) in [6.07, 6.45) is 4.32. The van der Waals surface area contributed by atoms with Crippen LogP contribution in [0, 0.1) is 0 Å². The van der Waals surface area contributed by atoms with E-state index in [-0.39, 0.29) is 0 Å². The van der Waals surface area contributed by atoms with Gasteiger partial charge in [0.05, 0.1) is 5.60 Å². The molecular weight excluding hydrogens is 256 g/mol. The van der Waals surface area contributed by atoms with Gasteiger partial charge < -0.3 is 19.3 Å². The molecule has 0 bridgehead atoms. The number of aliphatic hydroxyl groups is 1. The second-order valence-corrected chi connectivity index (χ2v) is 6.03. The fourth-order valence-corrected chi connectivity index (χ4v) is 2.80. The first-order valence-electron chi connectivity index (χ1n) is 7.47. The summed E-state index contributed by atoms with van der Waals surface area (Å²) in [7, 11) is 3.99. The maximum Gasteiger partial charge on any atom is 0.318 e. The molecule has 114 valence electrons. The van der Waals surface area contributed by atoms with Gasteiger partial charge in [0, 0.05) is 26.1 Å². The molecule has 0 radical (unpaired) electrons. The molecule has 1 aromatic rings. The average molecular weight is 282 g/mol. The van der Waals surface area contributed by atoms with Crippen molar-refractivity contribution in [3.8, 4) is 0 Å². The minimum absolute atomic E-state index is 0.600. The summed E-state index contributed by atoms with van der Waals surface area (Å²) >= 11 is 0. The van der Waals surface area contributed by atoms with E-state index < -0.39 is 5.60 Å². The van der Waals surface area contributed by atoms with Gasteiger partial charge in [-0.3, -0.25) is 0 Å². The van der Waals surface area contributed by atoms with Gasteiger partial charge >= 0.3 is 6.01 Å². The monoisotopic (exact) mass is 282 g/mol. The largest absolute Gasteiger partial charge is 0.408 e. The van der Waals surface area contributed by atoms with Crippen molar-refractivity contribution < 1.29 is 9.52 Å². The van der Waals surface area contributed by atoms with Gasteiger partial charge in [0.1, 0.15) is 0 Å². The molecule has 1 aliphatic rings. The van der Waals surface area contributed by atoms with Crippen molar-refractivity contribution in [2.24, 2.45) is 0 Å². The van der Waals surface area contributed by atoms with Gasteiger partial charge in [-0.1, -0.05) is 12.0 Å². The van der Waals surface area contributed by atoms with Crippen LogP contribution in [0.25, 0.3) is 0 Å². The van der Waals surface area contributed by atoms with Crippen LogP contribution in [0.3, 0.4) is 0 Å². The van der Waals surface area contributed by atoms with E-state index in [0.717, 1.165) is 45.2 Å². The van der Waals surface area contributed by atoms with E-state index in [1.165, 1.54) is 0 Å². The number of hydrogen-bond donors (Lipinski definition) is 1. The van der Waals surface area contributed by atoms with Crippen molar-refractivity contribution in [3.63, 3.8) is 0 Å². The molecule has 6 nitrogen and oxygen atoms in total. The Morgan fingerprint density at radius 1 is 1.30 bits per heavy atom. The lowest BCUT2D eigenvalue weighted by atomic mass is 9.94. The molecule has 2 rings (SSSR count). The Bertz CT molecular complexity index is 421. The number of aromatic nitrogens is 2. The van der Waals surface area contributed by atoms with Crippen molar-refractivity contribution in [2.75, 3.05) is 38.6 Å². The molecule has 20 heavy (non-hydrogen) atoms. The first kappa shape index (κ1) is 15.3. The lowest BCUT2D eigenvalue weighted by Crippen LogP contribution is -2.41. The van der Waals surface area contributed by atoms with Gasteiger partial charge in [-0.15, -0.1) is 5.10 Å². The third-order valence-corrected chi connectivity index (χ3v) is 3.72. The van der Waals surface area contributed by atoms with E-state index in [9.17, 15) is 5.11 Å². The molecule has 1 saturated heterocycles. The van der Waals surface area contributed by atoms with Crippen LogP contribution in [0.5, 0.6) is 0 Å². The highest BCUT2D eigenvalue weighted by Crippen LogP contribution is 2.25. The topological polar surface area (TPSA) is 65.6 Å². The minimum Gasteiger partial charge on any atom is -0.408 e.